The van der Waals surface area contributed by atoms with Gasteiger partial charge in [0, 0.05) is 24.2 Å². The molecule has 0 aromatic carbocycles. The minimum atomic E-state index is 0.404. The molecule has 3 unspecified atom stereocenters. The first-order valence-electron chi connectivity index (χ1n) is 6.19. The van der Waals surface area contributed by atoms with Gasteiger partial charge in [0.15, 0.2) is 0 Å². The molecule has 1 saturated carbocycles. The van der Waals surface area contributed by atoms with Crippen molar-refractivity contribution in [1.29, 1.82) is 0 Å². The van der Waals surface area contributed by atoms with E-state index in [1.54, 1.807) is 11.3 Å². The zero-order valence-corrected chi connectivity index (χ0v) is 10.7. The molecular weight excluding hydrogens is 218 g/mol. The summed E-state index contributed by atoms with van der Waals surface area (Å²) in [5.41, 5.74) is 6.07. The van der Waals surface area contributed by atoms with Crippen LogP contribution in [0.3, 0.4) is 0 Å². The molecule has 16 heavy (non-hydrogen) atoms. The van der Waals surface area contributed by atoms with Crippen molar-refractivity contribution in [1.82, 2.24) is 10.3 Å². The molecule has 1 aromatic heterocycles. The van der Waals surface area contributed by atoms with Gasteiger partial charge in [-0.05, 0) is 25.2 Å². The van der Waals surface area contributed by atoms with Crippen molar-refractivity contribution in [3.63, 3.8) is 0 Å². The Morgan fingerprint density at radius 2 is 2.50 bits per heavy atom. The van der Waals surface area contributed by atoms with Gasteiger partial charge in [0.1, 0.15) is 5.01 Å². The van der Waals surface area contributed by atoms with Gasteiger partial charge < -0.3 is 11.1 Å². The van der Waals surface area contributed by atoms with Gasteiger partial charge >= 0.3 is 0 Å². The Morgan fingerprint density at radius 3 is 3.06 bits per heavy atom. The average molecular weight is 239 g/mol. The molecular formula is C12H21N3S. The molecule has 0 saturated heterocycles. The minimum absolute atomic E-state index is 0.404. The van der Waals surface area contributed by atoms with Gasteiger partial charge in [-0.3, -0.25) is 0 Å². The Bertz CT molecular complexity index is 299. The Morgan fingerprint density at radius 1 is 1.62 bits per heavy atom. The van der Waals surface area contributed by atoms with Gasteiger partial charge in [-0.2, -0.15) is 0 Å². The van der Waals surface area contributed by atoms with E-state index in [0.717, 1.165) is 13.0 Å². The molecule has 3 nitrogen and oxygen atoms in total. The van der Waals surface area contributed by atoms with E-state index in [2.05, 4.69) is 17.2 Å². The summed E-state index contributed by atoms with van der Waals surface area (Å²) in [6.07, 6.45) is 6.74. The van der Waals surface area contributed by atoms with Crippen LogP contribution < -0.4 is 11.1 Å². The number of nitrogens with zero attached hydrogens (tertiary/aromatic N) is 1. The number of nitrogens with one attached hydrogen (secondary N) is 1. The van der Waals surface area contributed by atoms with E-state index >= 15 is 0 Å². The van der Waals surface area contributed by atoms with Crippen LogP contribution in [0.4, 0.5) is 0 Å². The highest BCUT2D eigenvalue weighted by Crippen LogP contribution is 2.25. The number of rotatable bonds is 5. The maximum atomic E-state index is 6.07. The lowest BCUT2D eigenvalue weighted by Crippen LogP contribution is -2.34. The molecule has 3 atom stereocenters. The van der Waals surface area contributed by atoms with Crippen LogP contribution >= 0.6 is 11.3 Å². The van der Waals surface area contributed by atoms with Crippen LogP contribution in [0.25, 0.3) is 0 Å². The second-order valence-corrected chi connectivity index (χ2v) is 5.52. The molecule has 1 aliphatic rings. The van der Waals surface area contributed by atoms with Crippen molar-refractivity contribution in [3.8, 4) is 0 Å². The first-order chi connectivity index (χ1) is 7.81. The maximum absolute atomic E-state index is 6.07. The fraction of sp³-hybridized carbons (Fsp3) is 0.750. The molecule has 90 valence electrons. The molecule has 0 spiro atoms. The van der Waals surface area contributed by atoms with Gasteiger partial charge in [-0.1, -0.05) is 13.3 Å². The molecule has 3 N–H and O–H groups in total. The maximum Gasteiger partial charge on any atom is 0.109 e. The van der Waals surface area contributed by atoms with Crippen LogP contribution in [-0.2, 0) is 0 Å². The molecule has 2 rings (SSSR count). The van der Waals surface area contributed by atoms with Crippen LogP contribution in [0.15, 0.2) is 11.6 Å². The van der Waals surface area contributed by atoms with Crippen molar-refractivity contribution in [2.24, 2.45) is 11.7 Å². The second-order valence-electron chi connectivity index (χ2n) is 4.59. The monoisotopic (exact) mass is 239 g/mol. The summed E-state index contributed by atoms with van der Waals surface area (Å²) >= 11 is 1.73. The van der Waals surface area contributed by atoms with Gasteiger partial charge in [0.05, 0.1) is 6.04 Å². The van der Waals surface area contributed by atoms with Crippen molar-refractivity contribution < 1.29 is 0 Å². The third-order valence-corrected chi connectivity index (χ3v) is 4.39. The zero-order chi connectivity index (χ0) is 11.4. The van der Waals surface area contributed by atoms with E-state index in [0.29, 0.717) is 18.0 Å². The standard InChI is InChI=1S/C12H21N3S/c1-2-11(12-14-6-7-16-12)15-8-9-4-3-5-10(9)13/h6-7,9-11,15H,2-5,8,13H2,1H3. The highest BCUT2D eigenvalue weighted by atomic mass is 32.1. The Labute approximate surface area is 101 Å². The molecule has 0 bridgehead atoms. The molecule has 1 fully saturated rings. The summed E-state index contributed by atoms with van der Waals surface area (Å²) in [4.78, 5) is 4.38. The van der Waals surface area contributed by atoms with Crippen LogP contribution in [0, 0.1) is 5.92 Å². The SMILES string of the molecule is CCC(NCC1CCCC1N)c1nccs1. The molecule has 4 heteroatoms. The lowest BCUT2D eigenvalue weighted by molar-refractivity contribution is 0.401. The van der Waals surface area contributed by atoms with Gasteiger partial charge in [0.2, 0.25) is 0 Å². The Hall–Kier alpha value is -0.450. The first kappa shape index (κ1) is 12.0. The summed E-state index contributed by atoms with van der Waals surface area (Å²) in [7, 11) is 0. The van der Waals surface area contributed by atoms with Crippen molar-refractivity contribution in [3.05, 3.63) is 16.6 Å². The number of hydrogen-bond acceptors (Lipinski definition) is 4. The minimum Gasteiger partial charge on any atom is -0.327 e. The largest absolute Gasteiger partial charge is 0.327 e. The van der Waals surface area contributed by atoms with Crippen LogP contribution in [0.2, 0.25) is 0 Å². The van der Waals surface area contributed by atoms with Gasteiger partial charge in [-0.25, -0.2) is 4.98 Å². The number of hydrogen-bond donors (Lipinski definition) is 2. The van der Waals surface area contributed by atoms with Gasteiger partial charge in [-0.15, -0.1) is 11.3 Å². The third-order valence-electron chi connectivity index (χ3n) is 3.50. The smallest absolute Gasteiger partial charge is 0.109 e. The van der Waals surface area contributed by atoms with Gasteiger partial charge in [0.25, 0.3) is 0 Å². The van der Waals surface area contributed by atoms with E-state index in [4.69, 9.17) is 5.73 Å². The molecule has 0 radical (unpaired) electrons. The predicted octanol–water partition coefficient (Wildman–Crippen LogP) is 2.31. The molecule has 1 heterocycles. The van der Waals surface area contributed by atoms with Crippen molar-refractivity contribution >= 4 is 11.3 Å². The summed E-state index contributed by atoms with van der Waals surface area (Å²) in [6.45, 7) is 3.24. The quantitative estimate of drug-likeness (QED) is 0.829. The van der Waals surface area contributed by atoms with E-state index in [-0.39, 0.29) is 0 Å². The number of aromatic nitrogens is 1. The lowest BCUT2D eigenvalue weighted by atomic mass is 10.0. The van der Waals surface area contributed by atoms with Crippen molar-refractivity contribution in [2.75, 3.05) is 6.54 Å². The summed E-state index contributed by atoms with van der Waals surface area (Å²) < 4.78 is 0. The van der Waals surface area contributed by atoms with Crippen LogP contribution in [0.1, 0.15) is 43.7 Å². The summed E-state index contributed by atoms with van der Waals surface area (Å²) in [5, 5.41) is 6.86. The van der Waals surface area contributed by atoms with E-state index < -0.39 is 0 Å². The topological polar surface area (TPSA) is 50.9 Å². The van der Waals surface area contributed by atoms with Crippen LogP contribution in [0.5, 0.6) is 0 Å². The van der Waals surface area contributed by atoms with Crippen LogP contribution in [-0.4, -0.2) is 17.6 Å². The molecule has 1 aliphatic carbocycles. The zero-order valence-electron chi connectivity index (χ0n) is 9.86. The van der Waals surface area contributed by atoms with E-state index in [1.807, 2.05) is 11.6 Å². The van der Waals surface area contributed by atoms with Crippen molar-refractivity contribution in [2.45, 2.75) is 44.7 Å². The normalized spacial score (nSPS) is 27.1. The summed E-state index contributed by atoms with van der Waals surface area (Å²) in [6, 6.07) is 0.814. The Kier molecular flexibility index (Phi) is 4.32. The fourth-order valence-electron chi connectivity index (χ4n) is 2.43. The third kappa shape index (κ3) is 2.81. The molecule has 0 amide bonds. The van der Waals surface area contributed by atoms with E-state index in [1.165, 1.54) is 24.3 Å². The highest BCUT2D eigenvalue weighted by Gasteiger charge is 2.24. The summed E-state index contributed by atoms with van der Waals surface area (Å²) in [5.74, 6) is 0.661. The van der Waals surface area contributed by atoms with E-state index in [9.17, 15) is 0 Å². The highest BCUT2D eigenvalue weighted by molar-refractivity contribution is 7.09. The fourth-order valence-corrected chi connectivity index (χ4v) is 3.22. The lowest BCUT2D eigenvalue weighted by Gasteiger charge is -2.20. The molecule has 0 aliphatic heterocycles. The Balaban J connectivity index is 1.83. The average Bonchev–Trinajstić information content (AvgIpc) is 2.92. The second kappa shape index (κ2) is 5.75. The number of nitrogens with two attached hydrogens (primary N) is 1. The molecule has 1 aromatic rings. The predicted molar refractivity (Wildman–Crippen MR) is 68.5 cm³/mol. The number of thiazole rings is 1. The first-order valence-corrected chi connectivity index (χ1v) is 7.07.